The van der Waals surface area contributed by atoms with E-state index in [9.17, 15) is 4.79 Å². The highest BCUT2D eigenvalue weighted by Gasteiger charge is 2.38. The zero-order chi connectivity index (χ0) is 14.0. The summed E-state index contributed by atoms with van der Waals surface area (Å²) in [5.74, 6) is 1.07. The minimum atomic E-state index is 0.0988. The highest BCUT2D eigenvalue weighted by molar-refractivity contribution is 14.1. The molecule has 0 heterocycles. The van der Waals surface area contributed by atoms with Gasteiger partial charge in [-0.3, -0.25) is 4.79 Å². The van der Waals surface area contributed by atoms with Crippen molar-refractivity contribution in [1.82, 2.24) is 0 Å². The number of carbonyl (C=O) groups is 1. The minimum Gasteiger partial charge on any atom is -0.496 e. The van der Waals surface area contributed by atoms with Crippen LogP contribution in [-0.4, -0.2) is 12.9 Å². The van der Waals surface area contributed by atoms with Crippen molar-refractivity contribution in [3.05, 3.63) is 27.3 Å². The maximum atomic E-state index is 12.9. The van der Waals surface area contributed by atoms with Gasteiger partial charge in [0.05, 0.1) is 12.7 Å². The number of carbonyl (C=O) groups excluding carboxylic acids is 1. The van der Waals surface area contributed by atoms with Gasteiger partial charge in [-0.25, -0.2) is 0 Å². The van der Waals surface area contributed by atoms with Crippen LogP contribution >= 0.6 is 22.6 Å². The van der Waals surface area contributed by atoms with Crippen molar-refractivity contribution in [3.63, 3.8) is 0 Å². The summed E-state index contributed by atoms with van der Waals surface area (Å²) in [5.41, 5.74) is 0.844. The largest absolute Gasteiger partial charge is 0.496 e. The lowest BCUT2D eigenvalue weighted by Gasteiger charge is -2.37. The van der Waals surface area contributed by atoms with Gasteiger partial charge in [-0.1, -0.05) is 26.7 Å². The van der Waals surface area contributed by atoms with Crippen LogP contribution in [0.2, 0.25) is 0 Å². The van der Waals surface area contributed by atoms with Crippen LogP contribution < -0.4 is 4.74 Å². The Morgan fingerprint density at radius 3 is 2.74 bits per heavy atom. The summed E-state index contributed by atoms with van der Waals surface area (Å²) in [5, 5.41) is 0. The third kappa shape index (κ3) is 3.12. The lowest BCUT2D eigenvalue weighted by molar-refractivity contribution is 0.0694. The molecule has 0 saturated heterocycles. The van der Waals surface area contributed by atoms with E-state index >= 15 is 0 Å². The van der Waals surface area contributed by atoms with Crippen molar-refractivity contribution in [1.29, 1.82) is 0 Å². The molecule has 1 aromatic carbocycles. The van der Waals surface area contributed by atoms with Crippen LogP contribution in [0.25, 0.3) is 0 Å². The molecule has 1 fully saturated rings. The van der Waals surface area contributed by atoms with E-state index in [1.165, 1.54) is 6.42 Å². The quantitative estimate of drug-likeness (QED) is 0.568. The molecule has 1 aromatic rings. The topological polar surface area (TPSA) is 26.3 Å². The molecule has 2 rings (SSSR count). The number of hydrogen-bond donors (Lipinski definition) is 0. The van der Waals surface area contributed by atoms with Gasteiger partial charge >= 0.3 is 0 Å². The predicted octanol–water partition coefficient (Wildman–Crippen LogP) is 4.70. The average Bonchev–Trinajstić information content (AvgIpc) is 2.37. The standard InChI is InChI=1S/C16H21IO2/c1-16(2)9-5-4-6-13(16)15(18)12-10-11(17)7-8-14(12)19-3/h7-8,10,13H,4-6,9H2,1-3H3. The van der Waals surface area contributed by atoms with Crippen molar-refractivity contribution in [2.45, 2.75) is 39.5 Å². The number of ether oxygens (including phenoxy) is 1. The lowest BCUT2D eigenvalue weighted by Crippen LogP contribution is -2.34. The number of hydrogen-bond acceptors (Lipinski definition) is 2. The van der Waals surface area contributed by atoms with Crippen LogP contribution in [0.4, 0.5) is 0 Å². The number of ketones is 1. The van der Waals surface area contributed by atoms with Gasteiger partial charge in [-0.2, -0.15) is 0 Å². The van der Waals surface area contributed by atoms with Gasteiger partial charge in [0, 0.05) is 9.49 Å². The first-order valence-electron chi connectivity index (χ1n) is 6.83. The molecule has 2 nitrogen and oxygen atoms in total. The first-order chi connectivity index (χ1) is 8.95. The predicted molar refractivity (Wildman–Crippen MR) is 85.8 cm³/mol. The summed E-state index contributed by atoms with van der Waals surface area (Å²) in [6, 6.07) is 5.82. The van der Waals surface area contributed by atoms with Crippen molar-refractivity contribution >= 4 is 28.4 Å². The van der Waals surface area contributed by atoms with Crippen molar-refractivity contribution in [2.24, 2.45) is 11.3 Å². The number of Topliss-reactive ketones (excluding diaryl/α,β-unsaturated/α-hetero) is 1. The first kappa shape index (κ1) is 14.8. The van der Waals surface area contributed by atoms with Gasteiger partial charge in [-0.05, 0) is 59.0 Å². The fourth-order valence-corrected chi connectivity index (χ4v) is 3.53. The van der Waals surface area contributed by atoms with E-state index in [0.717, 1.165) is 28.4 Å². The maximum Gasteiger partial charge on any atom is 0.170 e. The number of methoxy groups -OCH3 is 1. The van der Waals surface area contributed by atoms with Crippen molar-refractivity contribution in [3.8, 4) is 5.75 Å². The molecule has 0 radical (unpaired) electrons. The molecule has 0 aliphatic heterocycles. The summed E-state index contributed by atoms with van der Waals surface area (Å²) >= 11 is 2.24. The normalized spacial score (nSPS) is 22.0. The Balaban J connectivity index is 2.35. The first-order valence-corrected chi connectivity index (χ1v) is 7.91. The second kappa shape index (κ2) is 5.81. The minimum absolute atomic E-state index is 0.0988. The zero-order valence-corrected chi connectivity index (χ0v) is 14.0. The molecule has 1 saturated carbocycles. The Labute approximate surface area is 129 Å². The molecule has 1 unspecified atom stereocenters. The fraction of sp³-hybridized carbons (Fsp3) is 0.562. The molecule has 0 spiro atoms. The third-order valence-electron chi connectivity index (χ3n) is 4.25. The van der Waals surface area contributed by atoms with Crippen LogP contribution in [0.3, 0.4) is 0 Å². The van der Waals surface area contributed by atoms with Crippen molar-refractivity contribution < 1.29 is 9.53 Å². The Hall–Kier alpha value is -0.580. The molecule has 1 aliphatic carbocycles. The zero-order valence-electron chi connectivity index (χ0n) is 11.8. The highest BCUT2D eigenvalue weighted by atomic mass is 127. The van der Waals surface area contributed by atoms with E-state index in [-0.39, 0.29) is 17.1 Å². The number of benzene rings is 1. The second-order valence-electron chi connectivity index (χ2n) is 6.00. The molecular weight excluding hydrogens is 351 g/mol. The SMILES string of the molecule is COc1ccc(I)cc1C(=O)C1CCCCC1(C)C. The van der Waals surface area contributed by atoms with Crippen LogP contribution in [0.5, 0.6) is 5.75 Å². The van der Waals surface area contributed by atoms with E-state index in [2.05, 4.69) is 36.4 Å². The lowest BCUT2D eigenvalue weighted by atomic mass is 9.66. The molecule has 19 heavy (non-hydrogen) atoms. The molecule has 0 amide bonds. The molecule has 1 atom stereocenters. The van der Waals surface area contributed by atoms with Gasteiger partial charge in [-0.15, -0.1) is 0 Å². The van der Waals surface area contributed by atoms with E-state index in [4.69, 9.17) is 4.74 Å². The second-order valence-corrected chi connectivity index (χ2v) is 7.24. The van der Waals surface area contributed by atoms with Gasteiger partial charge < -0.3 is 4.74 Å². The third-order valence-corrected chi connectivity index (χ3v) is 4.92. The van der Waals surface area contributed by atoms with E-state index < -0.39 is 0 Å². The Bertz CT molecular complexity index is 480. The molecule has 0 bridgehead atoms. The van der Waals surface area contributed by atoms with Crippen LogP contribution in [0.15, 0.2) is 18.2 Å². The van der Waals surface area contributed by atoms with E-state index in [1.807, 2.05) is 18.2 Å². The fourth-order valence-electron chi connectivity index (χ4n) is 3.04. The number of halogens is 1. The van der Waals surface area contributed by atoms with Gasteiger partial charge in [0.2, 0.25) is 0 Å². The van der Waals surface area contributed by atoms with Crippen LogP contribution in [0, 0.1) is 14.9 Å². The van der Waals surface area contributed by atoms with E-state index in [0.29, 0.717) is 5.75 Å². The summed E-state index contributed by atoms with van der Waals surface area (Å²) in [4.78, 5) is 12.9. The molecule has 104 valence electrons. The highest BCUT2D eigenvalue weighted by Crippen LogP contribution is 2.43. The molecule has 1 aliphatic rings. The summed E-state index contributed by atoms with van der Waals surface area (Å²) in [7, 11) is 1.63. The Morgan fingerprint density at radius 2 is 2.11 bits per heavy atom. The van der Waals surface area contributed by atoms with Gasteiger partial charge in [0.15, 0.2) is 5.78 Å². The maximum absolute atomic E-state index is 12.9. The number of rotatable bonds is 3. The summed E-state index contributed by atoms with van der Waals surface area (Å²) < 4.78 is 6.44. The summed E-state index contributed by atoms with van der Waals surface area (Å²) in [6.45, 7) is 4.43. The summed E-state index contributed by atoms with van der Waals surface area (Å²) in [6.07, 6.45) is 4.53. The van der Waals surface area contributed by atoms with E-state index in [1.54, 1.807) is 7.11 Å². The molecule has 3 heteroatoms. The van der Waals surface area contributed by atoms with Gasteiger partial charge in [0.1, 0.15) is 5.75 Å². The Kier molecular flexibility index (Phi) is 4.54. The Morgan fingerprint density at radius 1 is 1.37 bits per heavy atom. The van der Waals surface area contributed by atoms with Gasteiger partial charge in [0.25, 0.3) is 0 Å². The average molecular weight is 372 g/mol. The smallest absolute Gasteiger partial charge is 0.170 e. The van der Waals surface area contributed by atoms with Crippen LogP contribution in [0.1, 0.15) is 49.9 Å². The molecule has 0 N–H and O–H groups in total. The molecular formula is C16H21IO2. The van der Waals surface area contributed by atoms with Crippen molar-refractivity contribution in [2.75, 3.05) is 7.11 Å². The monoisotopic (exact) mass is 372 g/mol. The van der Waals surface area contributed by atoms with Crippen LogP contribution in [-0.2, 0) is 0 Å². The molecule has 0 aromatic heterocycles.